The first kappa shape index (κ1) is 25.1. The van der Waals surface area contributed by atoms with Crippen LogP contribution in [0.25, 0.3) is 10.8 Å². The van der Waals surface area contributed by atoms with E-state index in [0.29, 0.717) is 25.1 Å². The number of ether oxygens (including phenoxy) is 1. The van der Waals surface area contributed by atoms with Crippen LogP contribution in [0.1, 0.15) is 29.7 Å². The fourth-order valence-corrected chi connectivity index (χ4v) is 5.98. The van der Waals surface area contributed by atoms with E-state index >= 15 is 0 Å². The highest BCUT2D eigenvalue weighted by Gasteiger charge is 2.57. The number of hydrogen-bond acceptors (Lipinski definition) is 5. The minimum atomic E-state index is -0.872. The average Bonchev–Trinajstić information content (AvgIpc) is 3.16. The second kappa shape index (κ2) is 10.5. The molecule has 1 aromatic heterocycles. The largest absolute Gasteiger partial charge is 0.497 e. The highest BCUT2D eigenvalue weighted by molar-refractivity contribution is 6.07. The number of methoxy groups -OCH3 is 1. The Labute approximate surface area is 228 Å². The molecule has 0 saturated carbocycles. The number of amides is 3. The van der Waals surface area contributed by atoms with E-state index in [-0.39, 0.29) is 18.5 Å². The van der Waals surface area contributed by atoms with Crippen molar-refractivity contribution in [3.8, 4) is 5.75 Å². The van der Waals surface area contributed by atoms with Gasteiger partial charge in [-0.3, -0.25) is 19.6 Å². The molecule has 1 spiro atoms. The molecule has 39 heavy (non-hydrogen) atoms. The van der Waals surface area contributed by atoms with Crippen molar-refractivity contribution in [1.82, 2.24) is 19.7 Å². The van der Waals surface area contributed by atoms with Crippen molar-refractivity contribution in [2.24, 2.45) is 0 Å². The zero-order valence-corrected chi connectivity index (χ0v) is 22.1. The van der Waals surface area contributed by atoms with Gasteiger partial charge in [0.2, 0.25) is 0 Å². The Kier molecular flexibility index (Phi) is 6.75. The molecule has 4 aromatic rings. The van der Waals surface area contributed by atoms with Gasteiger partial charge < -0.3 is 9.64 Å². The van der Waals surface area contributed by atoms with Gasteiger partial charge in [-0.05, 0) is 59.0 Å². The fraction of sp³-hybridized carbons (Fsp3) is 0.281. The third-order valence-electron chi connectivity index (χ3n) is 8.10. The Morgan fingerprint density at radius 3 is 2.41 bits per heavy atom. The van der Waals surface area contributed by atoms with E-state index in [4.69, 9.17) is 4.74 Å². The van der Waals surface area contributed by atoms with Crippen molar-refractivity contribution in [1.29, 1.82) is 0 Å². The van der Waals surface area contributed by atoms with Crippen LogP contribution in [0.2, 0.25) is 0 Å². The SMILES string of the molecule is COc1cccc(CN2C(=O)N(Cc3ccccn3)C3(CCN(Cc4cccc5ccccc45)CC3)C2=O)c1. The summed E-state index contributed by atoms with van der Waals surface area (Å²) in [4.78, 5) is 38.0. The Bertz CT molecular complexity index is 1490. The molecule has 0 bridgehead atoms. The van der Waals surface area contributed by atoms with E-state index in [0.717, 1.165) is 30.9 Å². The van der Waals surface area contributed by atoms with E-state index in [9.17, 15) is 9.59 Å². The molecule has 198 valence electrons. The van der Waals surface area contributed by atoms with Crippen LogP contribution in [-0.2, 0) is 24.4 Å². The quantitative estimate of drug-likeness (QED) is 0.312. The lowest BCUT2D eigenvalue weighted by Gasteiger charge is -2.42. The highest BCUT2D eigenvalue weighted by atomic mass is 16.5. The number of rotatable bonds is 7. The normalized spacial score (nSPS) is 17.4. The number of aromatic nitrogens is 1. The molecule has 3 heterocycles. The molecule has 2 fully saturated rings. The molecule has 0 atom stereocenters. The molecular formula is C32H32N4O3. The molecule has 6 rings (SSSR count). The van der Waals surface area contributed by atoms with Gasteiger partial charge in [-0.15, -0.1) is 0 Å². The van der Waals surface area contributed by atoms with Gasteiger partial charge in [0.15, 0.2) is 0 Å². The number of likely N-dealkylation sites (tertiary alicyclic amines) is 1. The van der Waals surface area contributed by atoms with Crippen LogP contribution in [0.5, 0.6) is 5.75 Å². The first-order valence-corrected chi connectivity index (χ1v) is 13.4. The van der Waals surface area contributed by atoms with Crippen LogP contribution in [-0.4, -0.2) is 57.4 Å². The molecule has 0 unspecified atom stereocenters. The first-order valence-electron chi connectivity index (χ1n) is 13.4. The van der Waals surface area contributed by atoms with Gasteiger partial charge >= 0.3 is 6.03 Å². The topological polar surface area (TPSA) is 66.0 Å². The molecule has 0 radical (unpaired) electrons. The maximum Gasteiger partial charge on any atom is 0.328 e. The summed E-state index contributed by atoms with van der Waals surface area (Å²) in [6.45, 7) is 2.80. The maximum absolute atomic E-state index is 14.1. The van der Waals surface area contributed by atoms with Gasteiger partial charge in [0.25, 0.3) is 5.91 Å². The minimum Gasteiger partial charge on any atom is -0.497 e. The van der Waals surface area contributed by atoms with Crippen molar-refractivity contribution in [2.75, 3.05) is 20.2 Å². The number of nitrogens with zero attached hydrogens (tertiary/aromatic N) is 4. The molecule has 7 nitrogen and oxygen atoms in total. The second-order valence-corrected chi connectivity index (χ2v) is 10.4. The number of carbonyl (C=O) groups excluding carboxylic acids is 2. The van der Waals surface area contributed by atoms with Gasteiger partial charge in [0.05, 0.1) is 25.9 Å². The van der Waals surface area contributed by atoms with Crippen LogP contribution in [0.4, 0.5) is 4.79 Å². The third-order valence-corrected chi connectivity index (χ3v) is 8.10. The Balaban J connectivity index is 1.25. The Hall–Kier alpha value is -4.23. The average molecular weight is 521 g/mol. The highest BCUT2D eigenvalue weighted by Crippen LogP contribution is 2.39. The van der Waals surface area contributed by atoms with E-state index in [1.54, 1.807) is 18.2 Å². The van der Waals surface area contributed by atoms with Gasteiger partial charge in [-0.1, -0.05) is 60.7 Å². The summed E-state index contributed by atoms with van der Waals surface area (Å²) in [7, 11) is 1.61. The molecule has 7 heteroatoms. The molecule has 2 saturated heterocycles. The summed E-state index contributed by atoms with van der Waals surface area (Å²) in [5.41, 5.74) is 2.05. The zero-order chi connectivity index (χ0) is 26.8. The maximum atomic E-state index is 14.1. The lowest BCUT2D eigenvalue weighted by Crippen LogP contribution is -2.56. The molecule has 3 aromatic carbocycles. The van der Waals surface area contributed by atoms with Gasteiger partial charge in [-0.2, -0.15) is 0 Å². The molecule has 2 aliphatic heterocycles. The van der Waals surface area contributed by atoms with Crippen LogP contribution in [0.15, 0.2) is 91.1 Å². The zero-order valence-electron chi connectivity index (χ0n) is 22.1. The summed E-state index contributed by atoms with van der Waals surface area (Å²) in [5.74, 6) is 0.587. The summed E-state index contributed by atoms with van der Waals surface area (Å²) >= 11 is 0. The number of carbonyl (C=O) groups is 2. The molecular weight excluding hydrogens is 488 g/mol. The minimum absolute atomic E-state index is 0.115. The molecule has 0 N–H and O–H groups in total. The molecule has 2 aliphatic rings. The monoisotopic (exact) mass is 520 g/mol. The summed E-state index contributed by atoms with van der Waals surface area (Å²) in [6, 6.07) is 27.8. The van der Waals surface area contributed by atoms with Crippen LogP contribution in [0, 0.1) is 0 Å². The number of piperidine rings is 1. The van der Waals surface area contributed by atoms with Crippen LogP contribution >= 0.6 is 0 Å². The van der Waals surface area contributed by atoms with Crippen molar-refractivity contribution >= 4 is 22.7 Å². The number of hydrogen-bond donors (Lipinski definition) is 0. The van der Waals surface area contributed by atoms with Crippen molar-refractivity contribution < 1.29 is 14.3 Å². The number of fused-ring (bicyclic) bond motifs is 1. The number of pyridine rings is 1. The Morgan fingerprint density at radius 2 is 1.62 bits per heavy atom. The van der Waals surface area contributed by atoms with Gasteiger partial charge in [0.1, 0.15) is 11.3 Å². The second-order valence-electron chi connectivity index (χ2n) is 10.4. The van der Waals surface area contributed by atoms with Crippen LogP contribution in [0.3, 0.4) is 0 Å². The van der Waals surface area contributed by atoms with E-state index < -0.39 is 5.54 Å². The summed E-state index contributed by atoms with van der Waals surface area (Å²) in [6.07, 6.45) is 2.90. The predicted molar refractivity (Wildman–Crippen MR) is 150 cm³/mol. The van der Waals surface area contributed by atoms with Gasteiger partial charge in [-0.25, -0.2) is 4.79 Å². The summed E-state index contributed by atoms with van der Waals surface area (Å²) < 4.78 is 5.36. The first-order chi connectivity index (χ1) is 19.1. The molecule has 0 aliphatic carbocycles. The van der Waals surface area contributed by atoms with E-state index in [1.165, 1.54) is 21.2 Å². The summed E-state index contributed by atoms with van der Waals surface area (Å²) in [5, 5.41) is 2.49. The van der Waals surface area contributed by atoms with Crippen molar-refractivity contribution in [2.45, 2.75) is 38.0 Å². The van der Waals surface area contributed by atoms with Crippen molar-refractivity contribution in [3.63, 3.8) is 0 Å². The number of imide groups is 1. The van der Waals surface area contributed by atoms with Gasteiger partial charge in [0, 0.05) is 25.8 Å². The Morgan fingerprint density at radius 1 is 0.846 bits per heavy atom. The van der Waals surface area contributed by atoms with E-state index in [1.807, 2.05) is 42.5 Å². The third kappa shape index (κ3) is 4.74. The van der Waals surface area contributed by atoms with E-state index in [2.05, 4.69) is 52.3 Å². The number of benzene rings is 3. The fourth-order valence-electron chi connectivity index (χ4n) is 5.98. The standard InChI is InChI=1S/C32H32N4O3/c1-39-28-13-6-8-24(20-28)21-35-30(37)32(36(31(35)38)23-27-12-4-5-17-33-27)15-18-34(19-16-32)22-26-11-7-10-25-9-2-3-14-29(25)26/h2-14,17,20H,15-16,18-19,21-23H2,1H3. The molecule has 3 amide bonds. The number of urea groups is 1. The lowest BCUT2D eigenvalue weighted by molar-refractivity contribution is -0.136. The predicted octanol–water partition coefficient (Wildman–Crippen LogP) is 5.24. The smallest absolute Gasteiger partial charge is 0.328 e. The van der Waals surface area contributed by atoms with Crippen molar-refractivity contribution in [3.05, 3.63) is 108 Å². The lowest BCUT2D eigenvalue weighted by atomic mass is 9.85. The van der Waals surface area contributed by atoms with Crippen LogP contribution < -0.4 is 4.74 Å².